The van der Waals surface area contributed by atoms with Crippen molar-refractivity contribution >= 4 is 32.7 Å². The molecule has 0 aliphatic rings. The SMILES string of the molecule is [Pt+2].[c-]1c(-c2ccccn2)cccc1-c1ccc2c3ccccc3n(-c3[n-]c(-c4ccccc4)c4ccccc34)c2n1. The Balaban J connectivity index is 0.00000276. The largest absolute Gasteiger partial charge is 2.00 e. The van der Waals surface area contributed by atoms with E-state index in [9.17, 15) is 0 Å². The first-order valence-electron chi connectivity index (χ1n) is 13.3. The topological polar surface area (TPSA) is 44.8 Å². The number of hydrogen-bond acceptors (Lipinski definition) is 2. The summed E-state index contributed by atoms with van der Waals surface area (Å²) < 4.78 is 2.21. The summed E-state index contributed by atoms with van der Waals surface area (Å²) in [5, 5.41) is 4.46. The van der Waals surface area contributed by atoms with Crippen LogP contribution in [0.25, 0.3) is 72.3 Å². The van der Waals surface area contributed by atoms with E-state index in [1.165, 1.54) is 0 Å². The Bertz CT molecular complexity index is 2160. The number of aromatic nitrogens is 4. The van der Waals surface area contributed by atoms with Gasteiger partial charge in [-0.2, -0.15) is 0 Å². The maximum absolute atomic E-state index is 5.27. The summed E-state index contributed by atoms with van der Waals surface area (Å²) in [4.78, 5) is 15.0. The molecule has 0 N–H and O–H groups in total. The van der Waals surface area contributed by atoms with Crippen LogP contribution in [0.1, 0.15) is 0 Å². The van der Waals surface area contributed by atoms with Crippen molar-refractivity contribution in [2.45, 2.75) is 0 Å². The summed E-state index contributed by atoms with van der Waals surface area (Å²) >= 11 is 0. The second-order valence-electron chi connectivity index (χ2n) is 9.81. The van der Waals surface area contributed by atoms with Gasteiger partial charge in [-0.1, -0.05) is 114 Å². The van der Waals surface area contributed by atoms with Gasteiger partial charge in [0.1, 0.15) is 0 Å². The van der Waals surface area contributed by atoms with E-state index in [0.717, 1.165) is 72.3 Å². The zero-order chi connectivity index (χ0) is 26.5. The molecule has 0 aliphatic carbocycles. The minimum atomic E-state index is 0. The summed E-state index contributed by atoms with van der Waals surface area (Å²) in [6.07, 6.45) is 1.81. The third-order valence-corrected chi connectivity index (χ3v) is 7.43. The Morgan fingerprint density at radius 3 is 2.07 bits per heavy atom. The average Bonchev–Trinajstić information content (AvgIpc) is 3.57. The molecule has 4 heterocycles. The summed E-state index contributed by atoms with van der Waals surface area (Å²) in [5.74, 6) is 0.886. The molecule has 0 bridgehead atoms. The van der Waals surface area contributed by atoms with Crippen LogP contribution in [0.2, 0.25) is 0 Å². The molecule has 0 saturated carbocycles. The smallest absolute Gasteiger partial charge is 0.434 e. The Morgan fingerprint density at radius 2 is 1.27 bits per heavy atom. The van der Waals surface area contributed by atoms with Gasteiger partial charge in [-0.3, -0.25) is 9.97 Å². The van der Waals surface area contributed by atoms with E-state index in [2.05, 4.69) is 107 Å². The molecule has 4 nitrogen and oxygen atoms in total. The van der Waals surface area contributed by atoms with Crippen LogP contribution in [0, 0.1) is 6.07 Å². The van der Waals surface area contributed by atoms with E-state index in [-0.39, 0.29) is 21.1 Å². The van der Waals surface area contributed by atoms with Gasteiger partial charge in [0, 0.05) is 23.0 Å². The first-order chi connectivity index (χ1) is 19.8. The van der Waals surface area contributed by atoms with Crippen LogP contribution in [-0.4, -0.2) is 14.5 Å². The predicted octanol–water partition coefficient (Wildman–Crippen LogP) is 8.48. The number of nitrogens with zero attached hydrogens (tertiary/aromatic N) is 4. The zero-order valence-corrected chi connectivity index (χ0v) is 24.1. The third-order valence-electron chi connectivity index (χ3n) is 7.43. The molecular weight excluding hydrogens is 684 g/mol. The Morgan fingerprint density at radius 1 is 0.561 bits per heavy atom. The first-order valence-corrected chi connectivity index (χ1v) is 13.3. The Kier molecular flexibility index (Phi) is 6.34. The molecule has 0 radical (unpaired) electrons. The summed E-state index contributed by atoms with van der Waals surface area (Å²) in [7, 11) is 0. The van der Waals surface area contributed by atoms with Crippen LogP contribution in [0.5, 0.6) is 0 Å². The van der Waals surface area contributed by atoms with Crippen molar-refractivity contribution in [2.75, 3.05) is 0 Å². The van der Waals surface area contributed by atoms with E-state index >= 15 is 0 Å². The molecule has 41 heavy (non-hydrogen) atoms. The molecule has 4 aromatic heterocycles. The van der Waals surface area contributed by atoms with Crippen molar-refractivity contribution < 1.29 is 21.1 Å². The third kappa shape index (κ3) is 4.19. The molecular formula is C36H22N4Pt. The van der Waals surface area contributed by atoms with Gasteiger partial charge >= 0.3 is 21.1 Å². The van der Waals surface area contributed by atoms with Crippen LogP contribution in [0.15, 0.2) is 134 Å². The van der Waals surface area contributed by atoms with Crippen LogP contribution in [-0.2, 0) is 21.1 Å². The van der Waals surface area contributed by atoms with Gasteiger partial charge in [0.05, 0.1) is 5.65 Å². The van der Waals surface area contributed by atoms with Crippen molar-refractivity contribution in [1.82, 2.24) is 19.5 Å². The fraction of sp³-hybridized carbons (Fsp3) is 0. The summed E-state index contributed by atoms with van der Waals surface area (Å²) in [5.41, 5.74) is 7.64. The second-order valence-corrected chi connectivity index (χ2v) is 9.81. The number of pyridine rings is 2. The van der Waals surface area contributed by atoms with Crippen LogP contribution >= 0.6 is 0 Å². The molecule has 0 spiro atoms. The minimum Gasteiger partial charge on any atom is -0.434 e. The molecule has 4 aromatic carbocycles. The molecule has 8 aromatic rings. The quantitative estimate of drug-likeness (QED) is 0.173. The summed E-state index contributed by atoms with van der Waals surface area (Å²) in [6.45, 7) is 0. The van der Waals surface area contributed by atoms with Crippen molar-refractivity contribution in [3.8, 4) is 39.6 Å². The number of para-hydroxylation sites is 1. The summed E-state index contributed by atoms with van der Waals surface area (Å²) in [6, 6.07) is 47.1. The molecule has 0 saturated heterocycles. The van der Waals surface area contributed by atoms with E-state index in [1.807, 2.05) is 36.4 Å². The number of hydrogen-bond donors (Lipinski definition) is 0. The maximum atomic E-state index is 5.27. The number of rotatable bonds is 4. The van der Waals surface area contributed by atoms with Crippen molar-refractivity contribution in [1.29, 1.82) is 0 Å². The Labute approximate surface area is 251 Å². The van der Waals surface area contributed by atoms with E-state index in [0.29, 0.717) is 0 Å². The fourth-order valence-electron chi connectivity index (χ4n) is 5.59. The van der Waals surface area contributed by atoms with Crippen molar-refractivity contribution in [2.24, 2.45) is 0 Å². The minimum absolute atomic E-state index is 0. The molecule has 0 unspecified atom stereocenters. The van der Waals surface area contributed by atoms with Crippen LogP contribution in [0.3, 0.4) is 0 Å². The average molecular weight is 706 g/mol. The molecule has 5 heteroatoms. The van der Waals surface area contributed by atoms with Crippen LogP contribution in [0.4, 0.5) is 0 Å². The van der Waals surface area contributed by atoms with Gasteiger partial charge < -0.3 is 9.55 Å². The first kappa shape index (κ1) is 25.2. The van der Waals surface area contributed by atoms with Crippen molar-refractivity contribution in [3.05, 3.63) is 140 Å². The van der Waals surface area contributed by atoms with Gasteiger partial charge in [0.15, 0.2) is 0 Å². The fourth-order valence-corrected chi connectivity index (χ4v) is 5.59. The normalized spacial score (nSPS) is 11.2. The van der Waals surface area contributed by atoms with E-state index in [1.54, 1.807) is 6.20 Å². The van der Waals surface area contributed by atoms with Gasteiger partial charge in [-0.25, -0.2) is 0 Å². The monoisotopic (exact) mass is 705 g/mol. The van der Waals surface area contributed by atoms with Crippen molar-refractivity contribution in [3.63, 3.8) is 0 Å². The van der Waals surface area contributed by atoms with Crippen LogP contribution < -0.4 is 4.98 Å². The van der Waals surface area contributed by atoms with E-state index in [4.69, 9.17) is 9.97 Å². The molecule has 0 amide bonds. The van der Waals surface area contributed by atoms with E-state index < -0.39 is 0 Å². The van der Waals surface area contributed by atoms with Gasteiger partial charge in [0.2, 0.25) is 0 Å². The molecule has 8 rings (SSSR count). The zero-order valence-electron chi connectivity index (χ0n) is 21.8. The predicted molar refractivity (Wildman–Crippen MR) is 162 cm³/mol. The number of fused-ring (bicyclic) bond motifs is 4. The molecule has 196 valence electrons. The van der Waals surface area contributed by atoms with Gasteiger partial charge in [-0.15, -0.1) is 24.3 Å². The molecule has 0 atom stereocenters. The van der Waals surface area contributed by atoms with Gasteiger partial charge in [0.25, 0.3) is 0 Å². The Hall–Kier alpha value is -4.79. The maximum Gasteiger partial charge on any atom is 2.00 e. The standard InChI is InChI=1S/C36H22N4.Pt/c1-2-11-24(12-3-1)34-28-16-4-5-17-29(28)36(39-34)40-33-19-7-6-15-27(33)30-20-21-32(38-35(30)40)26-14-10-13-25(23-26)31-18-8-9-22-37-31;/h1-22H;/q-2;+2. The number of benzene rings is 4. The molecule has 0 fully saturated rings. The van der Waals surface area contributed by atoms with Gasteiger partial charge in [-0.05, 0) is 44.8 Å². The second kappa shape index (κ2) is 10.3. The molecule has 0 aliphatic heterocycles.